The van der Waals surface area contributed by atoms with E-state index in [2.05, 4.69) is 4.98 Å². The van der Waals surface area contributed by atoms with Crippen molar-refractivity contribution in [2.24, 2.45) is 5.41 Å². The number of rotatable bonds is 2. The summed E-state index contributed by atoms with van der Waals surface area (Å²) in [4.78, 5) is 4.39. The number of nitrogens with zero attached hydrogens (tertiary/aromatic N) is 2. The van der Waals surface area contributed by atoms with Gasteiger partial charge in [0.1, 0.15) is 0 Å². The van der Waals surface area contributed by atoms with E-state index in [9.17, 15) is 8.42 Å². The third kappa shape index (κ3) is 2.07. The predicted octanol–water partition coefficient (Wildman–Crippen LogP) is 3.19. The van der Waals surface area contributed by atoms with Crippen molar-refractivity contribution in [3.63, 3.8) is 0 Å². The molecule has 0 amide bonds. The second-order valence-electron chi connectivity index (χ2n) is 6.80. The Morgan fingerprint density at radius 3 is 2.64 bits per heavy atom. The molecule has 1 atom stereocenters. The molecule has 2 aromatic rings. The van der Waals surface area contributed by atoms with Crippen LogP contribution in [-0.4, -0.2) is 30.3 Å². The lowest BCUT2D eigenvalue weighted by atomic mass is 9.68. The van der Waals surface area contributed by atoms with E-state index in [0.29, 0.717) is 6.54 Å². The number of benzene rings is 1. The van der Waals surface area contributed by atoms with Gasteiger partial charge in [0.05, 0.1) is 5.52 Å². The van der Waals surface area contributed by atoms with E-state index in [1.807, 2.05) is 37.3 Å². The maximum Gasteiger partial charge on any atom is 0.260 e. The number of hydrogen-bond acceptors (Lipinski definition) is 3. The van der Waals surface area contributed by atoms with Crippen LogP contribution in [0, 0.1) is 5.41 Å². The first-order valence-electron chi connectivity index (χ1n) is 7.88. The van der Waals surface area contributed by atoms with E-state index in [1.165, 1.54) is 6.42 Å². The molecule has 4 nitrogen and oxygen atoms in total. The van der Waals surface area contributed by atoms with Crippen molar-refractivity contribution in [2.75, 3.05) is 6.54 Å². The van der Waals surface area contributed by atoms with Crippen molar-refractivity contribution in [3.05, 3.63) is 36.4 Å². The Hall–Kier alpha value is -1.46. The van der Waals surface area contributed by atoms with Crippen LogP contribution >= 0.6 is 0 Å². The molecular weight excluding hydrogens is 296 g/mol. The van der Waals surface area contributed by atoms with Gasteiger partial charge in [0.15, 0.2) is 5.03 Å². The Morgan fingerprint density at radius 1 is 1.18 bits per heavy atom. The van der Waals surface area contributed by atoms with Crippen LogP contribution in [0.2, 0.25) is 0 Å². The SMILES string of the molecule is CC1CC2(CCC2)CN1S(=O)(=O)c1ccc2ccccc2n1. The van der Waals surface area contributed by atoms with Crippen molar-refractivity contribution < 1.29 is 8.42 Å². The molecule has 0 bridgehead atoms. The van der Waals surface area contributed by atoms with Gasteiger partial charge >= 0.3 is 0 Å². The second-order valence-corrected chi connectivity index (χ2v) is 8.64. The Bertz CT molecular complexity index is 827. The van der Waals surface area contributed by atoms with Gasteiger partial charge in [-0.3, -0.25) is 0 Å². The van der Waals surface area contributed by atoms with Crippen LogP contribution in [0.4, 0.5) is 0 Å². The summed E-state index contributed by atoms with van der Waals surface area (Å²) in [5.74, 6) is 0. The molecule has 22 heavy (non-hydrogen) atoms. The molecule has 4 rings (SSSR count). The van der Waals surface area contributed by atoms with Crippen molar-refractivity contribution >= 4 is 20.9 Å². The van der Waals surface area contributed by atoms with Gasteiger partial charge in [-0.15, -0.1) is 0 Å². The van der Waals surface area contributed by atoms with E-state index >= 15 is 0 Å². The molecule has 1 aromatic carbocycles. The average Bonchev–Trinajstić information content (AvgIpc) is 2.85. The lowest BCUT2D eigenvalue weighted by Crippen LogP contribution is -2.37. The molecule has 0 radical (unpaired) electrons. The molecule has 2 fully saturated rings. The van der Waals surface area contributed by atoms with Gasteiger partial charge in [0.25, 0.3) is 10.0 Å². The fourth-order valence-corrected chi connectivity index (χ4v) is 5.64. The summed E-state index contributed by atoms with van der Waals surface area (Å²) >= 11 is 0. The molecule has 2 aliphatic rings. The summed E-state index contributed by atoms with van der Waals surface area (Å²) in [5.41, 5.74) is 0.970. The third-order valence-corrected chi connectivity index (χ3v) is 7.13. The number of para-hydroxylation sites is 1. The van der Waals surface area contributed by atoms with Crippen LogP contribution in [-0.2, 0) is 10.0 Å². The summed E-state index contributed by atoms with van der Waals surface area (Å²) in [6, 6.07) is 11.2. The normalized spacial score (nSPS) is 24.7. The highest BCUT2D eigenvalue weighted by Crippen LogP contribution is 2.51. The number of hydrogen-bond donors (Lipinski definition) is 0. The Balaban J connectivity index is 1.72. The molecule has 5 heteroatoms. The summed E-state index contributed by atoms with van der Waals surface area (Å²) in [7, 11) is -3.50. The van der Waals surface area contributed by atoms with Crippen molar-refractivity contribution in [2.45, 2.75) is 43.7 Å². The quantitative estimate of drug-likeness (QED) is 0.855. The van der Waals surface area contributed by atoms with Gasteiger partial charge in [-0.05, 0) is 49.8 Å². The number of aromatic nitrogens is 1. The minimum atomic E-state index is -3.50. The van der Waals surface area contributed by atoms with Crippen molar-refractivity contribution in [1.29, 1.82) is 0 Å². The van der Waals surface area contributed by atoms with E-state index < -0.39 is 10.0 Å². The summed E-state index contributed by atoms with van der Waals surface area (Å²) < 4.78 is 27.6. The topological polar surface area (TPSA) is 50.3 Å². The monoisotopic (exact) mass is 316 g/mol. The van der Waals surface area contributed by atoms with Crippen LogP contribution in [0.25, 0.3) is 10.9 Å². The molecule has 1 spiro atoms. The number of sulfonamides is 1. The van der Waals surface area contributed by atoms with E-state index in [-0.39, 0.29) is 16.5 Å². The first kappa shape index (κ1) is 14.2. The van der Waals surface area contributed by atoms with Gasteiger partial charge in [-0.2, -0.15) is 4.31 Å². The summed E-state index contributed by atoms with van der Waals surface area (Å²) in [5, 5.41) is 1.14. The molecule has 0 N–H and O–H groups in total. The zero-order valence-corrected chi connectivity index (χ0v) is 13.5. The van der Waals surface area contributed by atoms with Crippen molar-refractivity contribution in [1.82, 2.24) is 9.29 Å². The van der Waals surface area contributed by atoms with Crippen LogP contribution in [0.3, 0.4) is 0 Å². The van der Waals surface area contributed by atoms with Gasteiger partial charge < -0.3 is 0 Å². The zero-order valence-electron chi connectivity index (χ0n) is 12.7. The van der Waals surface area contributed by atoms with Gasteiger partial charge in [-0.25, -0.2) is 13.4 Å². The first-order chi connectivity index (χ1) is 10.5. The minimum absolute atomic E-state index is 0.0681. The fourth-order valence-electron chi connectivity index (χ4n) is 3.95. The molecule has 1 aliphatic carbocycles. The molecular formula is C17H20N2O2S. The number of fused-ring (bicyclic) bond motifs is 1. The van der Waals surface area contributed by atoms with Crippen LogP contribution < -0.4 is 0 Å². The molecule has 116 valence electrons. The Labute approximate surface area is 131 Å². The molecule has 1 aromatic heterocycles. The maximum atomic E-state index is 13.0. The second kappa shape index (κ2) is 4.77. The summed E-state index contributed by atoms with van der Waals surface area (Å²) in [6.45, 7) is 2.68. The Kier molecular flexibility index (Phi) is 3.07. The Morgan fingerprint density at radius 2 is 1.95 bits per heavy atom. The highest BCUT2D eigenvalue weighted by Gasteiger charge is 2.50. The standard InChI is InChI=1S/C17H20N2O2S/c1-13-11-17(9-4-10-17)12-19(13)22(20,21)16-8-7-14-5-2-3-6-15(14)18-16/h2-3,5-8,13H,4,9-12H2,1H3. The molecule has 2 heterocycles. The van der Waals surface area contributed by atoms with E-state index in [1.54, 1.807) is 10.4 Å². The van der Waals surface area contributed by atoms with Gasteiger partial charge in [0, 0.05) is 18.0 Å². The summed E-state index contributed by atoms with van der Waals surface area (Å²) in [6.07, 6.45) is 4.54. The smallest absolute Gasteiger partial charge is 0.235 e. The van der Waals surface area contributed by atoms with Gasteiger partial charge in [-0.1, -0.05) is 24.6 Å². The van der Waals surface area contributed by atoms with Crippen LogP contribution in [0.1, 0.15) is 32.6 Å². The molecule has 1 aliphatic heterocycles. The zero-order chi connectivity index (χ0) is 15.4. The first-order valence-corrected chi connectivity index (χ1v) is 9.32. The average molecular weight is 316 g/mol. The largest absolute Gasteiger partial charge is 0.260 e. The molecule has 1 saturated heterocycles. The lowest BCUT2D eigenvalue weighted by Gasteiger charge is -2.37. The van der Waals surface area contributed by atoms with E-state index in [4.69, 9.17) is 0 Å². The minimum Gasteiger partial charge on any atom is -0.235 e. The number of pyridine rings is 1. The fraction of sp³-hybridized carbons (Fsp3) is 0.471. The van der Waals surface area contributed by atoms with Gasteiger partial charge in [0.2, 0.25) is 0 Å². The van der Waals surface area contributed by atoms with E-state index in [0.717, 1.165) is 30.2 Å². The van der Waals surface area contributed by atoms with Crippen LogP contribution in [0.5, 0.6) is 0 Å². The molecule has 1 saturated carbocycles. The van der Waals surface area contributed by atoms with Crippen LogP contribution in [0.15, 0.2) is 41.4 Å². The third-order valence-electron chi connectivity index (χ3n) is 5.27. The highest BCUT2D eigenvalue weighted by atomic mass is 32.2. The van der Waals surface area contributed by atoms with Crippen molar-refractivity contribution in [3.8, 4) is 0 Å². The predicted molar refractivity (Wildman–Crippen MR) is 86.0 cm³/mol. The maximum absolute atomic E-state index is 13.0. The highest BCUT2D eigenvalue weighted by molar-refractivity contribution is 7.89. The molecule has 1 unspecified atom stereocenters. The lowest BCUT2D eigenvalue weighted by molar-refractivity contribution is 0.152.